The molecule has 2 nitrogen and oxygen atoms in total. The molecule has 0 aromatic carbocycles. The Morgan fingerprint density at radius 2 is 2.33 bits per heavy atom. The molecule has 0 N–H and O–H groups in total. The highest BCUT2D eigenvalue weighted by Gasteiger charge is 2.32. The van der Waals surface area contributed by atoms with Gasteiger partial charge in [-0.1, -0.05) is 6.92 Å². The summed E-state index contributed by atoms with van der Waals surface area (Å²) in [5, 5.41) is 0. The average Bonchev–Trinajstić information content (AvgIpc) is 2.13. The summed E-state index contributed by atoms with van der Waals surface area (Å²) >= 11 is 0. The molecule has 1 saturated heterocycles. The van der Waals surface area contributed by atoms with Gasteiger partial charge in [-0.15, -0.1) is 0 Å². The van der Waals surface area contributed by atoms with Crippen LogP contribution in [0.5, 0.6) is 0 Å². The minimum Gasteiger partial charge on any atom is -0.348 e. The van der Waals surface area contributed by atoms with E-state index in [0.29, 0.717) is 0 Å². The molecule has 1 rings (SSSR count). The maximum atomic E-state index is 5.48. The molecule has 0 aromatic rings. The molecule has 0 unspecified atom stereocenters. The summed E-state index contributed by atoms with van der Waals surface area (Å²) in [7, 11) is 0. The Labute approximate surface area is 56.2 Å². The van der Waals surface area contributed by atoms with E-state index in [9.17, 15) is 0 Å². The van der Waals surface area contributed by atoms with Crippen LogP contribution < -0.4 is 0 Å². The summed E-state index contributed by atoms with van der Waals surface area (Å²) < 4.78 is 10.9. The van der Waals surface area contributed by atoms with Crippen LogP contribution in [0.1, 0.15) is 27.2 Å². The summed E-state index contributed by atoms with van der Waals surface area (Å²) in [5.74, 6) is -0.292. The number of hydrogen-bond donors (Lipinski definition) is 0. The van der Waals surface area contributed by atoms with Crippen molar-refractivity contribution in [2.24, 2.45) is 0 Å². The Morgan fingerprint density at radius 3 is 2.56 bits per heavy atom. The van der Waals surface area contributed by atoms with Crippen molar-refractivity contribution in [1.82, 2.24) is 0 Å². The Kier molecular flexibility index (Phi) is 1.78. The van der Waals surface area contributed by atoms with Crippen molar-refractivity contribution < 1.29 is 9.47 Å². The Morgan fingerprint density at radius 1 is 1.67 bits per heavy atom. The highest BCUT2D eigenvalue weighted by Crippen LogP contribution is 2.25. The Balaban J connectivity index is 2.45. The molecule has 2 heteroatoms. The molecule has 1 aliphatic heterocycles. The average molecular weight is 130 g/mol. The molecular weight excluding hydrogens is 116 g/mol. The molecule has 0 amide bonds. The topological polar surface area (TPSA) is 18.5 Å². The SMILES string of the molecule is CC[C@]1(C)OC[C@@H](C)O1. The number of ether oxygens (including phenoxy) is 2. The molecule has 0 aliphatic carbocycles. The lowest BCUT2D eigenvalue weighted by Crippen LogP contribution is -2.24. The maximum absolute atomic E-state index is 5.48. The molecule has 1 fully saturated rings. The molecule has 1 heterocycles. The van der Waals surface area contributed by atoms with Crippen LogP contribution in [-0.4, -0.2) is 18.5 Å². The van der Waals surface area contributed by atoms with Gasteiger partial charge in [-0.05, 0) is 20.3 Å². The Bertz CT molecular complexity index is 103. The van der Waals surface area contributed by atoms with Crippen LogP contribution >= 0.6 is 0 Å². The van der Waals surface area contributed by atoms with Crippen molar-refractivity contribution in [1.29, 1.82) is 0 Å². The monoisotopic (exact) mass is 130 g/mol. The van der Waals surface area contributed by atoms with Gasteiger partial charge < -0.3 is 9.47 Å². The predicted octanol–water partition coefficient (Wildman–Crippen LogP) is 1.55. The van der Waals surface area contributed by atoms with Gasteiger partial charge in [0.15, 0.2) is 5.79 Å². The quantitative estimate of drug-likeness (QED) is 0.536. The molecule has 0 aromatic heterocycles. The zero-order valence-corrected chi connectivity index (χ0v) is 6.31. The van der Waals surface area contributed by atoms with Crippen molar-refractivity contribution in [3.63, 3.8) is 0 Å². The Hall–Kier alpha value is -0.0800. The van der Waals surface area contributed by atoms with Crippen molar-refractivity contribution in [2.45, 2.75) is 39.1 Å². The van der Waals surface area contributed by atoms with E-state index in [-0.39, 0.29) is 11.9 Å². The van der Waals surface area contributed by atoms with Crippen LogP contribution in [-0.2, 0) is 9.47 Å². The lowest BCUT2D eigenvalue weighted by atomic mass is 10.2. The standard InChI is InChI=1S/C7H14O2/c1-4-7(3)8-5-6(2)9-7/h6H,4-5H2,1-3H3/t6-,7-/m1/s1. The fourth-order valence-electron chi connectivity index (χ4n) is 0.973. The number of hydrogen-bond acceptors (Lipinski definition) is 2. The zero-order valence-electron chi connectivity index (χ0n) is 6.31. The third kappa shape index (κ3) is 1.43. The van der Waals surface area contributed by atoms with Gasteiger partial charge >= 0.3 is 0 Å². The van der Waals surface area contributed by atoms with Crippen molar-refractivity contribution >= 4 is 0 Å². The van der Waals surface area contributed by atoms with Crippen LogP contribution in [0.4, 0.5) is 0 Å². The largest absolute Gasteiger partial charge is 0.348 e. The molecule has 0 spiro atoms. The molecule has 54 valence electrons. The molecule has 0 bridgehead atoms. The lowest BCUT2D eigenvalue weighted by molar-refractivity contribution is -0.153. The third-order valence-corrected chi connectivity index (χ3v) is 1.72. The molecule has 9 heavy (non-hydrogen) atoms. The van der Waals surface area contributed by atoms with E-state index in [2.05, 4.69) is 6.92 Å². The van der Waals surface area contributed by atoms with Gasteiger partial charge in [-0.2, -0.15) is 0 Å². The summed E-state index contributed by atoms with van der Waals surface area (Å²) in [6.45, 7) is 6.82. The summed E-state index contributed by atoms with van der Waals surface area (Å²) in [5.41, 5.74) is 0. The van der Waals surface area contributed by atoms with Crippen LogP contribution in [0, 0.1) is 0 Å². The summed E-state index contributed by atoms with van der Waals surface area (Å²) in [6.07, 6.45) is 1.20. The van der Waals surface area contributed by atoms with E-state index >= 15 is 0 Å². The maximum Gasteiger partial charge on any atom is 0.165 e. The minimum atomic E-state index is -0.292. The normalized spacial score (nSPS) is 43.7. The fraction of sp³-hybridized carbons (Fsp3) is 1.00. The first-order valence-corrected chi connectivity index (χ1v) is 3.48. The van der Waals surface area contributed by atoms with Crippen molar-refractivity contribution in [3.05, 3.63) is 0 Å². The highest BCUT2D eigenvalue weighted by molar-refractivity contribution is 4.69. The van der Waals surface area contributed by atoms with Gasteiger partial charge in [0.2, 0.25) is 0 Å². The van der Waals surface area contributed by atoms with E-state index in [1.165, 1.54) is 0 Å². The third-order valence-electron chi connectivity index (χ3n) is 1.72. The molecular formula is C7H14O2. The van der Waals surface area contributed by atoms with Gasteiger partial charge in [0, 0.05) is 0 Å². The van der Waals surface area contributed by atoms with Gasteiger partial charge in [0.05, 0.1) is 12.7 Å². The van der Waals surface area contributed by atoms with Crippen LogP contribution in [0.25, 0.3) is 0 Å². The van der Waals surface area contributed by atoms with Gasteiger partial charge in [0.25, 0.3) is 0 Å². The van der Waals surface area contributed by atoms with E-state index < -0.39 is 0 Å². The highest BCUT2D eigenvalue weighted by atomic mass is 16.7. The molecule has 0 radical (unpaired) electrons. The number of rotatable bonds is 1. The van der Waals surface area contributed by atoms with E-state index in [4.69, 9.17) is 9.47 Å². The van der Waals surface area contributed by atoms with E-state index in [0.717, 1.165) is 13.0 Å². The van der Waals surface area contributed by atoms with E-state index in [1.807, 2.05) is 13.8 Å². The predicted molar refractivity (Wildman–Crippen MR) is 35.2 cm³/mol. The second-order valence-electron chi connectivity index (χ2n) is 2.73. The van der Waals surface area contributed by atoms with Crippen molar-refractivity contribution in [3.8, 4) is 0 Å². The lowest BCUT2D eigenvalue weighted by Gasteiger charge is -2.19. The van der Waals surface area contributed by atoms with Gasteiger partial charge in [-0.25, -0.2) is 0 Å². The molecule has 1 aliphatic rings. The first-order chi connectivity index (χ1) is 4.16. The first kappa shape index (κ1) is 7.03. The molecule has 2 atom stereocenters. The van der Waals surface area contributed by atoms with Gasteiger partial charge in [0.1, 0.15) is 0 Å². The van der Waals surface area contributed by atoms with Crippen molar-refractivity contribution in [2.75, 3.05) is 6.61 Å². The summed E-state index contributed by atoms with van der Waals surface area (Å²) in [6, 6.07) is 0. The second-order valence-corrected chi connectivity index (χ2v) is 2.73. The molecule has 0 saturated carbocycles. The zero-order chi connectivity index (χ0) is 6.91. The minimum absolute atomic E-state index is 0.273. The first-order valence-electron chi connectivity index (χ1n) is 3.48. The van der Waals surface area contributed by atoms with Crippen LogP contribution in [0.15, 0.2) is 0 Å². The second kappa shape index (κ2) is 2.27. The van der Waals surface area contributed by atoms with E-state index in [1.54, 1.807) is 0 Å². The fourth-order valence-corrected chi connectivity index (χ4v) is 0.973. The summed E-state index contributed by atoms with van der Waals surface area (Å²) in [4.78, 5) is 0. The smallest absolute Gasteiger partial charge is 0.165 e. The van der Waals surface area contributed by atoms with Crippen LogP contribution in [0.2, 0.25) is 0 Å². The van der Waals surface area contributed by atoms with Crippen LogP contribution in [0.3, 0.4) is 0 Å². The van der Waals surface area contributed by atoms with Gasteiger partial charge in [-0.3, -0.25) is 0 Å².